The molecule has 1 atom stereocenters. The van der Waals surface area contributed by atoms with E-state index in [1.807, 2.05) is 0 Å². The second-order valence-electron chi connectivity index (χ2n) is 5.05. The maximum Gasteiger partial charge on any atom is 0.413 e. The molecule has 2 N–H and O–H groups in total. The molecular weight excluding hydrogens is 278 g/mol. The second kappa shape index (κ2) is 6.80. The van der Waals surface area contributed by atoms with Crippen LogP contribution in [0.4, 0.5) is 4.79 Å². The Morgan fingerprint density at radius 1 is 1.43 bits per heavy atom. The quantitative estimate of drug-likeness (QED) is 0.525. The molecule has 0 radical (unpaired) electrons. The van der Waals surface area contributed by atoms with Gasteiger partial charge in [0.25, 0.3) is 0 Å². The van der Waals surface area contributed by atoms with Crippen LogP contribution in [-0.4, -0.2) is 54.2 Å². The van der Waals surface area contributed by atoms with E-state index in [4.69, 9.17) is 10.5 Å². The number of quaternary nitrogens is 1. The number of primary amides is 1. The zero-order chi connectivity index (χ0) is 16.0. The number of aliphatic carboxylic acids is 1. The van der Waals surface area contributed by atoms with Crippen molar-refractivity contribution in [3.63, 3.8) is 0 Å². The van der Waals surface area contributed by atoms with E-state index in [1.165, 1.54) is 32.6 Å². The minimum Gasteiger partial charge on any atom is -0.550 e. The number of likely N-dealkylation sites (N-methyl/N-ethyl adjacent to an activating group) is 1. The Hall–Kier alpha value is -2.48. The topological polar surface area (TPSA) is 122 Å². The Balaban J connectivity index is 2.81. The highest BCUT2D eigenvalue weighted by Crippen LogP contribution is 2.10. The third-order valence-corrected chi connectivity index (χ3v) is 2.82. The molecule has 1 aromatic rings. The lowest BCUT2D eigenvalue weighted by molar-refractivity contribution is -0.811. The van der Waals surface area contributed by atoms with Gasteiger partial charge in [-0.3, -0.25) is 4.98 Å². The largest absolute Gasteiger partial charge is 0.550 e. The number of rotatable bonds is 6. The first-order chi connectivity index (χ1) is 9.72. The van der Waals surface area contributed by atoms with Crippen LogP contribution < -0.4 is 10.8 Å². The molecule has 0 aliphatic heterocycles. The summed E-state index contributed by atoms with van der Waals surface area (Å²) in [5.41, 5.74) is 5.40. The average molecular weight is 295 g/mol. The van der Waals surface area contributed by atoms with Crippen LogP contribution in [-0.2, 0) is 9.53 Å². The van der Waals surface area contributed by atoms with Crippen LogP contribution in [0, 0.1) is 0 Å². The number of carboxylic acids is 1. The van der Waals surface area contributed by atoms with Crippen molar-refractivity contribution in [3.8, 4) is 0 Å². The minimum absolute atomic E-state index is 0.0741. The smallest absolute Gasteiger partial charge is 0.413 e. The Morgan fingerprint density at radius 2 is 2.10 bits per heavy atom. The van der Waals surface area contributed by atoms with E-state index >= 15 is 0 Å². The van der Waals surface area contributed by atoms with Crippen LogP contribution >= 0.6 is 0 Å². The molecule has 0 saturated heterocycles. The lowest BCUT2D eigenvalue weighted by Crippen LogP contribution is -2.54. The van der Waals surface area contributed by atoms with Gasteiger partial charge in [0.1, 0.15) is 6.54 Å². The molecule has 0 aliphatic carbocycles. The predicted molar refractivity (Wildman–Crippen MR) is 69.6 cm³/mol. The molecular formula is C13H17N3O5. The Labute approximate surface area is 121 Å². The van der Waals surface area contributed by atoms with Crippen LogP contribution in [0.25, 0.3) is 0 Å². The lowest BCUT2D eigenvalue weighted by atomic mass is 10.2. The molecule has 0 spiro atoms. The number of amides is 2. The van der Waals surface area contributed by atoms with Crippen LogP contribution in [0.2, 0.25) is 0 Å². The van der Waals surface area contributed by atoms with E-state index in [0.717, 1.165) is 0 Å². The van der Waals surface area contributed by atoms with Crippen LogP contribution in [0.3, 0.4) is 0 Å². The summed E-state index contributed by atoms with van der Waals surface area (Å²) in [5.74, 6) is -2.11. The monoisotopic (exact) mass is 295 g/mol. The molecule has 1 heterocycles. The van der Waals surface area contributed by atoms with Crippen LogP contribution in [0.5, 0.6) is 0 Å². The first kappa shape index (κ1) is 16.6. The standard InChI is InChI=1S/C13H17N3O5/c1-16(2,13(14)20)8-10(6-11(17)18)21-12(19)9-4-3-5-15-7-9/h3-5,7,10H,6,8H2,1-2H3,(H2-,14,17,18,20). The summed E-state index contributed by atoms with van der Waals surface area (Å²) in [6, 6.07) is 2.36. The maximum atomic E-state index is 11.9. The second-order valence-corrected chi connectivity index (χ2v) is 5.05. The van der Waals surface area contributed by atoms with Crippen molar-refractivity contribution < 1.29 is 28.7 Å². The molecule has 0 aromatic carbocycles. The molecule has 114 valence electrons. The van der Waals surface area contributed by atoms with Gasteiger partial charge in [0.2, 0.25) is 0 Å². The molecule has 1 rings (SSSR count). The molecule has 0 saturated carbocycles. The molecule has 21 heavy (non-hydrogen) atoms. The molecule has 0 aliphatic rings. The molecule has 2 amide bonds. The Morgan fingerprint density at radius 3 is 2.57 bits per heavy atom. The number of aromatic nitrogens is 1. The fourth-order valence-corrected chi connectivity index (χ4v) is 1.63. The zero-order valence-electron chi connectivity index (χ0n) is 11.8. The van der Waals surface area contributed by atoms with Crippen molar-refractivity contribution in [1.29, 1.82) is 0 Å². The van der Waals surface area contributed by atoms with Crippen LogP contribution in [0.15, 0.2) is 24.5 Å². The number of carbonyl (C=O) groups excluding carboxylic acids is 3. The van der Waals surface area contributed by atoms with Gasteiger partial charge in [-0.1, -0.05) is 0 Å². The molecule has 0 fully saturated rings. The number of hydrogen-bond donors (Lipinski definition) is 1. The third-order valence-electron chi connectivity index (χ3n) is 2.82. The van der Waals surface area contributed by atoms with Crippen molar-refractivity contribution in [2.75, 3.05) is 20.6 Å². The summed E-state index contributed by atoms with van der Waals surface area (Å²) in [6.45, 7) is -0.0741. The summed E-state index contributed by atoms with van der Waals surface area (Å²) in [7, 11) is 2.98. The highest BCUT2D eigenvalue weighted by molar-refractivity contribution is 5.89. The molecule has 8 nitrogen and oxygen atoms in total. The van der Waals surface area contributed by atoms with E-state index < -0.39 is 30.5 Å². The van der Waals surface area contributed by atoms with Crippen molar-refractivity contribution in [3.05, 3.63) is 30.1 Å². The van der Waals surface area contributed by atoms with Gasteiger partial charge >= 0.3 is 12.0 Å². The van der Waals surface area contributed by atoms with Crippen molar-refractivity contribution in [2.45, 2.75) is 12.5 Å². The highest BCUT2D eigenvalue weighted by Gasteiger charge is 2.30. The van der Waals surface area contributed by atoms with Gasteiger partial charge in [0.15, 0.2) is 6.10 Å². The van der Waals surface area contributed by atoms with Crippen molar-refractivity contribution >= 4 is 18.0 Å². The minimum atomic E-state index is -1.39. The van der Waals surface area contributed by atoms with Gasteiger partial charge in [-0.15, -0.1) is 0 Å². The van der Waals surface area contributed by atoms with E-state index in [-0.39, 0.29) is 16.6 Å². The van der Waals surface area contributed by atoms with Gasteiger partial charge in [-0.25, -0.2) is 14.1 Å². The first-order valence-corrected chi connectivity index (χ1v) is 6.16. The summed E-state index contributed by atoms with van der Waals surface area (Å²) in [5, 5.41) is 10.7. The normalized spacial score (nSPS) is 12.5. The number of urea groups is 1. The van der Waals surface area contributed by atoms with Gasteiger partial charge in [-0.05, 0) is 12.1 Å². The maximum absolute atomic E-state index is 11.9. The number of carbonyl (C=O) groups is 3. The summed E-state index contributed by atoms with van der Waals surface area (Å²) in [4.78, 5) is 37.7. The van der Waals surface area contributed by atoms with E-state index in [2.05, 4.69) is 4.98 Å². The number of esters is 1. The number of ether oxygens (including phenoxy) is 1. The number of carboxylic acid groups (broad SMARTS) is 1. The highest BCUT2D eigenvalue weighted by atomic mass is 16.5. The summed E-state index contributed by atoms with van der Waals surface area (Å²) < 4.78 is 4.79. The van der Waals surface area contributed by atoms with Gasteiger partial charge in [0.05, 0.1) is 19.7 Å². The lowest BCUT2D eigenvalue weighted by Gasteiger charge is -2.29. The van der Waals surface area contributed by atoms with E-state index in [1.54, 1.807) is 6.07 Å². The average Bonchev–Trinajstić information content (AvgIpc) is 2.38. The van der Waals surface area contributed by atoms with Gasteiger partial charge in [-0.2, -0.15) is 0 Å². The summed E-state index contributed by atoms with van der Waals surface area (Å²) >= 11 is 0. The molecule has 1 unspecified atom stereocenters. The fourth-order valence-electron chi connectivity index (χ4n) is 1.63. The van der Waals surface area contributed by atoms with E-state index in [0.29, 0.717) is 0 Å². The predicted octanol–water partition coefficient (Wildman–Crippen LogP) is -1.10. The zero-order valence-corrected chi connectivity index (χ0v) is 11.8. The molecule has 1 aromatic heterocycles. The van der Waals surface area contributed by atoms with E-state index in [9.17, 15) is 19.5 Å². The summed E-state index contributed by atoms with van der Waals surface area (Å²) in [6.07, 6.45) is 1.22. The van der Waals surface area contributed by atoms with Crippen LogP contribution in [0.1, 0.15) is 16.8 Å². The fraction of sp³-hybridized carbons (Fsp3) is 0.385. The number of nitrogens with two attached hydrogens (primary N) is 1. The number of hydrogen-bond acceptors (Lipinski definition) is 6. The molecule has 0 bridgehead atoms. The first-order valence-electron chi connectivity index (χ1n) is 6.16. The SMILES string of the molecule is C[N+](C)(CC(CC(=O)[O-])OC(=O)c1cccnc1)C(N)=O. The van der Waals surface area contributed by atoms with Gasteiger partial charge in [0, 0.05) is 24.8 Å². The van der Waals surface area contributed by atoms with Crippen molar-refractivity contribution in [1.82, 2.24) is 4.98 Å². The third kappa shape index (κ3) is 5.19. The Kier molecular flexibility index (Phi) is 5.37. The van der Waals surface area contributed by atoms with Crippen molar-refractivity contribution in [2.24, 2.45) is 5.73 Å². The Bertz CT molecular complexity index is 530. The van der Waals surface area contributed by atoms with Gasteiger partial charge < -0.3 is 20.4 Å². The molecule has 8 heteroatoms. The number of pyridine rings is 1. The number of nitrogens with zero attached hydrogens (tertiary/aromatic N) is 2.